The summed E-state index contributed by atoms with van der Waals surface area (Å²) in [5.74, 6) is 0.298. The molecule has 1 aromatic heterocycles. The summed E-state index contributed by atoms with van der Waals surface area (Å²) in [6, 6.07) is 11.5. The number of aliphatic hydroxyl groups excluding tert-OH is 1. The number of pyridine rings is 1. The molecule has 6 heteroatoms. The summed E-state index contributed by atoms with van der Waals surface area (Å²) in [5.41, 5.74) is 1.29. The molecule has 1 N–H and O–H groups in total. The van der Waals surface area contributed by atoms with Gasteiger partial charge in [0.1, 0.15) is 5.69 Å². The summed E-state index contributed by atoms with van der Waals surface area (Å²) in [5, 5.41) is 10.8. The topological polar surface area (TPSA) is 65.9 Å². The summed E-state index contributed by atoms with van der Waals surface area (Å²) in [6.07, 6.45) is 0. The highest BCUT2D eigenvalue weighted by Crippen LogP contribution is 2.25. The van der Waals surface area contributed by atoms with Gasteiger partial charge in [0.05, 0.1) is 12.1 Å². The molecular formula is C20H27N3O3. The third-order valence-electron chi connectivity index (χ3n) is 5.14. The lowest BCUT2D eigenvalue weighted by Gasteiger charge is -2.23. The molecule has 1 aromatic carbocycles. The molecule has 1 aliphatic rings. The molecule has 140 valence electrons. The molecule has 1 saturated heterocycles. The number of ether oxygens (including phenoxy) is 1. The van der Waals surface area contributed by atoms with E-state index in [1.54, 1.807) is 13.2 Å². The summed E-state index contributed by atoms with van der Waals surface area (Å²) in [7, 11) is 3.74. The van der Waals surface area contributed by atoms with Gasteiger partial charge < -0.3 is 19.6 Å². The van der Waals surface area contributed by atoms with Crippen molar-refractivity contribution in [3.8, 4) is 0 Å². The van der Waals surface area contributed by atoms with Crippen molar-refractivity contribution in [3.05, 3.63) is 42.1 Å². The zero-order valence-corrected chi connectivity index (χ0v) is 15.5. The maximum Gasteiger partial charge on any atom is 0.272 e. The third-order valence-corrected chi connectivity index (χ3v) is 5.14. The van der Waals surface area contributed by atoms with E-state index in [1.807, 2.05) is 42.3 Å². The molecule has 1 aliphatic heterocycles. The van der Waals surface area contributed by atoms with Crippen molar-refractivity contribution in [3.63, 3.8) is 0 Å². The van der Waals surface area contributed by atoms with Gasteiger partial charge in [-0.05, 0) is 25.1 Å². The number of fused-ring (bicyclic) bond motifs is 1. The van der Waals surface area contributed by atoms with Crippen molar-refractivity contribution < 1.29 is 14.6 Å². The fourth-order valence-electron chi connectivity index (χ4n) is 3.60. The molecular weight excluding hydrogens is 330 g/mol. The number of para-hydroxylation sites is 1. The van der Waals surface area contributed by atoms with Gasteiger partial charge in [-0.15, -0.1) is 0 Å². The highest BCUT2D eigenvalue weighted by Gasteiger charge is 2.36. The molecule has 0 bridgehead atoms. The van der Waals surface area contributed by atoms with Crippen molar-refractivity contribution >= 4 is 16.8 Å². The molecule has 0 saturated carbocycles. The Morgan fingerprint density at radius 1 is 1.27 bits per heavy atom. The second-order valence-electron chi connectivity index (χ2n) is 7.06. The van der Waals surface area contributed by atoms with Gasteiger partial charge in [-0.1, -0.05) is 24.3 Å². The molecule has 1 amide bonds. The van der Waals surface area contributed by atoms with Crippen LogP contribution in [0.1, 0.15) is 10.5 Å². The van der Waals surface area contributed by atoms with Gasteiger partial charge in [-0.25, -0.2) is 4.98 Å². The second kappa shape index (κ2) is 8.58. The Kier molecular flexibility index (Phi) is 6.19. The lowest BCUT2D eigenvalue weighted by Crippen LogP contribution is -2.34. The molecule has 2 heterocycles. The number of likely N-dealkylation sites (tertiary alicyclic amines) is 1. The molecule has 2 aromatic rings. The maximum atomic E-state index is 12.9. The van der Waals surface area contributed by atoms with Crippen LogP contribution in [-0.4, -0.2) is 79.3 Å². The second-order valence-corrected chi connectivity index (χ2v) is 7.06. The number of benzene rings is 1. The number of rotatable bonds is 7. The predicted octanol–water partition coefficient (Wildman–Crippen LogP) is 1.49. The van der Waals surface area contributed by atoms with E-state index in [-0.39, 0.29) is 24.3 Å². The Morgan fingerprint density at radius 3 is 2.81 bits per heavy atom. The van der Waals surface area contributed by atoms with Gasteiger partial charge in [-0.2, -0.15) is 0 Å². The highest BCUT2D eigenvalue weighted by molar-refractivity contribution is 5.95. The van der Waals surface area contributed by atoms with Gasteiger partial charge in [0.25, 0.3) is 5.91 Å². The number of aliphatic hydroxyl groups is 1. The van der Waals surface area contributed by atoms with Crippen LogP contribution in [0.4, 0.5) is 0 Å². The molecule has 26 heavy (non-hydrogen) atoms. The monoisotopic (exact) mass is 357 g/mol. The molecule has 0 spiro atoms. The minimum Gasteiger partial charge on any atom is -0.396 e. The van der Waals surface area contributed by atoms with Crippen LogP contribution in [0.3, 0.4) is 0 Å². The summed E-state index contributed by atoms with van der Waals surface area (Å²) < 4.78 is 5.12. The fraction of sp³-hybridized carbons (Fsp3) is 0.500. The van der Waals surface area contributed by atoms with Crippen LogP contribution in [0.2, 0.25) is 0 Å². The number of hydrogen-bond acceptors (Lipinski definition) is 5. The van der Waals surface area contributed by atoms with Crippen LogP contribution in [0.15, 0.2) is 36.4 Å². The van der Waals surface area contributed by atoms with E-state index in [2.05, 4.69) is 9.88 Å². The Labute approximate surface area is 154 Å². The first kappa shape index (κ1) is 18.8. The van der Waals surface area contributed by atoms with Crippen LogP contribution in [0.25, 0.3) is 10.9 Å². The Morgan fingerprint density at radius 2 is 2.04 bits per heavy atom. The van der Waals surface area contributed by atoms with E-state index in [0.717, 1.165) is 24.0 Å². The molecule has 0 unspecified atom stereocenters. The number of carbonyl (C=O) groups is 1. The van der Waals surface area contributed by atoms with Gasteiger partial charge in [0, 0.05) is 51.2 Å². The molecule has 2 atom stereocenters. The normalized spacial score (nSPS) is 20.2. The quantitative estimate of drug-likeness (QED) is 0.813. The first-order valence-electron chi connectivity index (χ1n) is 9.05. The van der Waals surface area contributed by atoms with Crippen molar-refractivity contribution in [2.24, 2.45) is 11.8 Å². The van der Waals surface area contributed by atoms with E-state index >= 15 is 0 Å². The first-order chi connectivity index (χ1) is 12.6. The maximum absolute atomic E-state index is 12.9. The number of amides is 1. The van der Waals surface area contributed by atoms with Crippen LogP contribution < -0.4 is 0 Å². The summed E-state index contributed by atoms with van der Waals surface area (Å²) >= 11 is 0. The Balaban J connectivity index is 1.69. The van der Waals surface area contributed by atoms with E-state index in [9.17, 15) is 9.90 Å². The highest BCUT2D eigenvalue weighted by atomic mass is 16.5. The average molecular weight is 357 g/mol. The number of nitrogens with zero attached hydrogens (tertiary/aromatic N) is 3. The van der Waals surface area contributed by atoms with Crippen LogP contribution in [-0.2, 0) is 4.74 Å². The van der Waals surface area contributed by atoms with Crippen molar-refractivity contribution in [1.29, 1.82) is 0 Å². The predicted molar refractivity (Wildman–Crippen MR) is 101 cm³/mol. The van der Waals surface area contributed by atoms with Crippen molar-refractivity contribution in [1.82, 2.24) is 14.8 Å². The van der Waals surface area contributed by atoms with Crippen LogP contribution in [0.5, 0.6) is 0 Å². The number of hydrogen-bond donors (Lipinski definition) is 1. The Bertz CT molecular complexity index is 752. The standard InChI is InChI=1S/C20H27N3O3/c1-22(9-10-26-2)11-16-12-23(13-17(16)14-24)20(25)19-8-7-15-5-3-4-6-18(15)21-19/h3-8,16-17,24H,9-14H2,1-2H3/t16-,17-/m1/s1. The zero-order valence-electron chi connectivity index (χ0n) is 15.5. The van der Waals surface area contributed by atoms with Crippen molar-refractivity contribution in [2.75, 3.05) is 53.6 Å². The molecule has 1 fully saturated rings. The van der Waals surface area contributed by atoms with E-state index < -0.39 is 0 Å². The van der Waals surface area contributed by atoms with E-state index in [4.69, 9.17) is 4.74 Å². The molecule has 0 aliphatic carbocycles. The zero-order chi connectivity index (χ0) is 18.5. The molecule has 0 radical (unpaired) electrons. The first-order valence-corrected chi connectivity index (χ1v) is 9.05. The van der Waals surface area contributed by atoms with E-state index in [1.165, 1.54) is 0 Å². The third kappa shape index (κ3) is 4.20. The number of methoxy groups -OCH3 is 1. The van der Waals surface area contributed by atoms with E-state index in [0.29, 0.717) is 25.4 Å². The summed E-state index contributed by atoms with van der Waals surface area (Å²) in [4.78, 5) is 21.4. The van der Waals surface area contributed by atoms with Gasteiger partial charge >= 0.3 is 0 Å². The minimum atomic E-state index is -0.0590. The lowest BCUT2D eigenvalue weighted by atomic mass is 9.96. The average Bonchev–Trinajstić information content (AvgIpc) is 3.08. The summed E-state index contributed by atoms with van der Waals surface area (Å²) in [6.45, 7) is 3.67. The number of aromatic nitrogens is 1. The lowest BCUT2D eigenvalue weighted by molar-refractivity contribution is 0.0773. The van der Waals surface area contributed by atoms with Crippen LogP contribution >= 0.6 is 0 Å². The van der Waals surface area contributed by atoms with Gasteiger partial charge in [0.2, 0.25) is 0 Å². The Hall–Kier alpha value is -2.02. The SMILES string of the molecule is COCCN(C)C[C@@H]1CN(C(=O)c2ccc3ccccc3n2)C[C@@H]1CO. The minimum absolute atomic E-state index is 0.0590. The number of carbonyl (C=O) groups excluding carboxylic acids is 1. The van der Waals surface area contributed by atoms with Crippen LogP contribution in [0, 0.1) is 11.8 Å². The fourth-order valence-corrected chi connectivity index (χ4v) is 3.60. The van der Waals surface area contributed by atoms with Crippen molar-refractivity contribution in [2.45, 2.75) is 0 Å². The smallest absolute Gasteiger partial charge is 0.272 e. The molecule has 3 rings (SSSR count). The van der Waals surface area contributed by atoms with Gasteiger partial charge in [-0.3, -0.25) is 4.79 Å². The molecule has 6 nitrogen and oxygen atoms in total. The number of likely N-dealkylation sites (N-methyl/N-ethyl adjacent to an activating group) is 1. The van der Waals surface area contributed by atoms with Gasteiger partial charge in [0.15, 0.2) is 0 Å². The largest absolute Gasteiger partial charge is 0.396 e.